The van der Waals surface area contributed by atoms with Gasteiger partial charge < -0.3 is 19.7 Å². The predicted molar refractivity (Wildman–Crippen MR) is 126 cm³/mol. The fourth-order valence-corrected chi connectivity index (χ4v) is 4.66. The summed E-state index contributed by atoms with van der Waals surface area (Å²) in [6.45, 7) is 3.11. The summed E-state index contributed by atoms with van der Waals surface area (Å²) in [5, 5.41) is 9.12. The lowest BCUT2D eigenvalue weighted by Crippen LogP contribution is -2.37. The molecule has 9 nitrogen and oxygen atoms in total. The number of aromatic nitrogens is 5. The molecule has 0 aromatic carbocycles. The van der Waals surface area contributed by atoms with Crippen molar-refractivity contribution >= 4 is 28.2 Å². The first-order valence-electron chi connectivity index (χ1n) is 11.6. The molecule has 0 unspecified atom stereocenters. The van der Waals surface area contributed by atoms with Gasteiger partial charge in [0.2, 0.25) is 5.88 Å². The van der Waals surface area contributed by atoms with Crippen LogP contribution in [-0.2, 0) is 4.74 Å². The maximum atomic E-state index is 6.48. The zero-order chi connectivity index (χ0) is 22.0. The molecular weight excluding hydrogens is 418 g/mol. The molecule has 1 N–H and O–H groups in total. The molecule has 9 heteroatoms. The molecule has 2 fully saturated rings. The molecule has 1 saturated carbocycles. The SMILES string of the molecule is c1cnc2cc(N3CCOCC3)nc(OC3CCC(Nc4ccc5nccn5n4)CC3)c2c1. The molecule has 0 radical (unpaired) electrons. The first-order chi connectivity index (χ1) is 16.3. The van der Waals surface area contributed by atoms with Crippen molar-refractivity contribution in [2.45, 2.75) is 37.8 Å². The summed E-state index contributed by atoms with van der Waals surface area (Å²) in [6, 6.07) is 10.4. The van der Waals surface area contributed by atoms with E-state index in [1.807, 2.05) is 36.7 Å². The van der Waals surface area contributed by atoms with Crippen LogP contribution in [0.4, 0.5) is 11.6 Å². The van der Waals surface area contributed by atoms with Crippen molar-refractivity contribution in [3.63, 3.8) is 0 Å². The van der Waals surface area contributed by atoms with Crippen LogP contribution in [0.1, 0.15) is 25.7 Å². The molecule has 0 amide bonds. The van der Waals surface area contributed by atoms with Crippen molar-refractivity contribution in [2.75, 3.05) is 36.5 Å². The van der Waals surface area contributed by atoms with Crippen molar-refractivity contribution in [3.8, 4) is 5.88 Å². The van der Waals surface area contributed by atoms with Crippen molar-refractivity contribution in [2.24, 2.45) is 0 Å². The summed E-state index contributed by atoms with van der Waals surface area (Å²) < 4.78 is 13.8. The van der Waals surface area contributed by atoms with Gasteiger partial charge in [0.25, 0.3) is 0 Å². The monoisotopic (exact) mass is 445 g/mol. The first-order valence-corrected chi connectivity index (χ1v) is 11.6. The molecule has 170 valence electrons. The van der Waals surface area contributed by atoms with Gasteiger partial charge in [-0.2, -0.15) is 4.98 Å². The number of nitrogens with zero attached hydrogens (tertiary/aromatic N) is 6. The topological polar surface area (TPSA) is 89.7 Å². The third-order valence-corrected chi connectivity index (χ3v) is 6.45. The van der Waals surface area contributed by atoms with Crippen LogP contribution < -0.4 is 15.0 Å². The van der Waals surface area contributed by atoms with E-state index in [-0.39, 0.29) is 6.10 Å². The van der Waals surface area contributed by atoms with Crippen LogP contribution in [0.5, 0.6) is 5.88 Å². The van der Waals surface area contributed by atoms with Crippen LogP contribution in [0.3, 0.4) is 0 Å². The number of pyridine rings is 2. The number of hydrogen-bond donors (Lipinski definition) is 1. The number of imidazole rings is 1. The van der Waals surface area contributed by atoms with E-state index in [0.29, 0.717) is 11.9 Å². The van der Waals surface area contributed by atoms with E-state index in [0.717, 1.165) is 80.2 Å². The van der Waals surface area contributed by atoms with E-state index in [1.165, 1.54) is 0 Å². The quantitative estimate of drug-likeness (QED) is 0.500. The number of morpholine rings is 1. The van der Waals surface area contributed by atoms with Gasteiger partial charge in [-0.25, -0.2) is 9.50 Å². The molecule has 1 aliphatic carbocycles. The Bertz CT molecular complexity index is 1250. The van der Waals surface area contributed by atoms with Crippen LogP contribution in [0, 0.1) is 0 Å². The highest BCUT2D eigenvalue weighted by molar-refractivity contribution is 5.85. The Balaban J connectivity index is 1.14. The van der Waals surface area contributed by atoms with E-state index < -0.39 is 0 Å². The summed E-state index contributed by atoms with van der Waals surface area (Å²) in [7, 11) is 0. The molecule has 4 aromatic rings. The summed E-state index contributed by atoms with van der Waals surface area (Å²) in [4.78, 5) is 16.0. The van der Waals surface area contributed by atoms with Crippen molar-refractivity contribution < 1.29 is 9.47 Å². The molecule has 33 heavy (non-hydrogen) atoms. The van der Waals surface area contributed by atoms with E-state index in [1.54, 1.807) is 10.7 Å². The lowest BCUT2D eigenvalue weighted by molar-refractivity contribution is 0.122. The average molecular weight is 446 g/mol. The third kappa shape index (κ3) is 4.28. The van der Waals surface area contributed by atoms with Crippen molar-refractivity contribution in [1.29, 1.82) is 0 Å². The van der Waals surface area contributed by atoms with E-state index >= 15 is 0 Å². The molecule has 1 aliphatic heterocycles. The number of hydrogen-bond acceptors (Lipinski definition) is 8. The van der Waals surface area contributed by atoms with Crippen molar-refractivity contribution in [3.05, 3.63) is 48.9 Å². The molecule has 0 spiro atoms. The molecule has 2 aliphatic rings. The molecule has 6 rings (SSSR count). The van der Waals surface area contributed by atoms with E-state index in [4.69, 9.17) is 14.5 Å². The number of rotatable bonds is 5. The van der Waals surface area contributed by atoms with Gasteiger partial charge in [-0.3, -0.25) is 4.98 Å². The standard InChI is InChI=1S/C24H27N7O2/c1-2-19-20(25-9-1)16-23(30-12-14-32-15-13-30)28-24(19)33-18-5-3-17(4-6-18)27-21-7-8-22-26-10-11-31(22)29-21/h1-2,7-11,16-18H,3-6,12-15H2,(H,27,29). The summed E-state index contributed by atoms with van der Waals surface area (Å²) in [5.41, 5.74) is 1.77. The maximum absolute atomic E-state index is 6.48. The van der Waals surface area contributed by atoms with Crippen LogP contribution in [-0.4, -0.2) is 63.0 Å². The maximum Gasteiger partial charge on any atom is 0.225 e. The van der Waals surface area contributed by atoms with Crippen LogP contribution >= 0.6 is 0 Å². The number of ether oxygens (including phenoxy) is 2. The molecular formula is C24H27N7O2. The van der Waals surface area contributed by atoms with Crippen molar-refractivity contribution in [1.82, 2.24) is 24.6 Å². The Morgan fingerprint density at radius 3 is 2.76 bits per heavy atom. The molecule has 1 saturated heterocycles. The van der Waals surface area contributed by atoms with E-state index in [2.05, 4.69) is 31.3 Å². The van der Waals surface area contributed by atoms with Gasteiger partial charge in [-0.05, 0) is 49.9 Å². The lowest BCUT2D eigenvalue weighted by Gasteiger charge is -2.31. The molecule has 0 bridgehead atoms. The first kappa shape index (κ1) is 20.2. The van der Waals surface area contributed by atoms with Gasteiger partial charge in [-0.1, -0.05) is 0 Å². The van der Waals surface area contributed by atoms with Gasteiger partial charge in [0.05, 0.1) is 24.1 Å². The Hall–Kier alpha value is -3.46. The highest BCUT2D eigenvalue weighted by atomic mass is 16.5. The fourth-order valence-electron chi connectivity index (χ4n) is 4.66. The summed E-state index contributed by atoms with van der Waals surface area (Å²) >= 11 is 0. The summed E-state index contributed by atoms with van der Waals surface area (Å²) in [5.74, 6) is 2.48. The smallest absolute Gasteiger partial charge is 0.225 e. The van der Waals surface area contributed by atoms with Crippen LogP contribution in [0.2, 0.25) is 0 Å². The van der Waals surface area contributed by atoms with Gasteiger partial charge in [0, 0.05) is 43.8 Å². The molecule has 0 atom stereocenters. The van der Waals surface area contributed by atoms with Gasteiger partial charge in [0.1, 0.15) is 17.7 Å². The second-order valence-corrected chi connectivity index (χ2v) is 8.64. The zero-order valence-corrected chi connectivity index (χ0v) is 18.4. The minimum atomic E-state index is 0.142. The third-order valence-electron chi connectivity index (χ3n) is 6.45. The van der Waals surface area contributed by atoms with Gasteiger partial charge >= 0.3 is 0 Å². The van der Waals surface area contributed by atoms with E-state index in [9.17, 15) is 0 Å². The predicted octanol–water partition coefficient (Wildman–Crippen LogP) is 3.31. The Morgan fingerprint density at radius 2 is 1.88 bits per heavy atom. The molecule has 4 aromatic heterocycles. The highest BCUT2D eigenvalue weighted by Gasteiger charge is 2.25. The highest BCUT2D eigenvalue weighted by Crippen LogP contribution is 2.31. The number of nitrogens with one attached hydrogen (secondary N) is 1. The van der Waals surface area contributed by atoms with Gasteiger partial charge in [0.15, 0.2) is 5.65 Å². The zero-order valence-electron chi connectivity index (χ0n) is 18.4. The average Bonchev–Trinajstić information content (AvgIpc) is 3.34. The minimum Gasteiger partial charge on any atom is -0.474 e. The number of fused-ring (bicyclic) bond motifs is 2. The minimum absolute atomic E-state index is 0.142. The number of anilines is 2. The van der Waals surface area contributed by atoms with Gasteiger partial charge in [-0.15, -0.1) is 5.10 Å². The summed E-state index contributed by atoms with van der Waals surface area (Å²) in [6.07, 6.45) is 9.57. The second kappa shape index (κ2) is 8.82. The largest absolute Gasteiger partial charge is 0.474 e. The molecule has 5 heterocycles. The van der Waals surface area contributed by atoms with Crippen LogP contribution in [0.15, 0.2) is 48.9 Å². The Labute approximate surface area is 191 Å². The fraction of sp³-hybridized carbons (Fsp3) is 0.417. The Morgan fingerprint density at radius 1 is 1.00 bits per heavy atom. The Kier molecular flexibility index (Phi) is 5.39. The normalized spacial score (nSPS) is 21.4. The lowest BCUT2D eigenvalue weighted by atomic mass is 9.93. The second-order valence-electron chi connectivity index (χ2n) is 8.64. The van der Waals surface area contributed by atoms with Crippen LogP contribution in [0.25, 0.3) is 16.6 Å².